The lowest BCUT2D eigenvalue weighted by molar-refractivity contribution is -0.137. The summed E-state index contributed by atoms with van der Waals surface area (Å²) < 4.78 is 5.72. The van der Waals surface area contributed by atoms with Gasteiger partial charge in [-0.25, -0.2) is 0 Å². The Morgan fingerprint density at radius 3 is 2.58 bits per heavy atom. The van der Waals surface area contributed by atoms with Gasteiger partial charge in [0.25, 0.3) is 0 Å². The molecule has 0 fully saturated rings. The van der Waals surface area contributed by atoms with E-state index in [0.717, 1.165) is 24.3 Å². The number of ether oxygens (including phenoxy) is 1. The van der Waals surface area contributed by atoms with Gasteiger partial charge in [0.2, 0.25) is 0 Å². The van der Waals surface area contributed by atoms with E-state index in [4.69, 9.17) is 9.84 Å². The second-order valence-corrected chi connectivity index (χ2v) is 5.10. The third-order valence-corrected chi connectivity index (χ3v) is 3.10. The number of aliphatic carboxylic acids is 1. The molecule has 0 unspecified atom stereocenters. The SMILES string of the molecule is CCC[C@@H](C)COc1ccc(CCCC(=O)O)cc1. The van der Waals surface area contributed by atoms with Crippen LogP contribution in [0, 0.1) is 5.92 Å². The largest absolute Gasteiger partial charge is 0.493 e. The van der Waals surface area contributed by atoms with Crippen molar-refractivity contribution in [3.05, 3.63) is 29.8 Å². The standard InChI is InChI=1S/C16H24O3/c1-3-5-13(2)12-19-15-10-8-14(9-11-15)6-4-7-16(17)18/h8-11,13H,3-7,12H2,1-2H3,(H,17,18)/t13-/m1/s1. The molecule has 0 heterocycles. The normalized spacial score (nSPS) is 12.1. The molecule has 0 radical (unpaired) electrons. The Kier molecular flexibility index (Phi) is 7.01. The summed E-state index contributed by atoms with van der Waals surface area (Å²) in [6, 6.07) is 7.97. The fraction of sp³-hybridized carbons (Fsp3) is 0.562. The molecule has 0 aliphatic carbocycles. The molecule has 0 amide bonds. The first-order chi connectivity index (χ1) is 9.11. The number of hydrogen-bond acceptors (Lipinski definition) is 2. The Labute approximate surface area is 115 Å². The zero-order chi connectivity index (χ0) is 14.1. The molecule has 1 aromatic carbocycles. The van der Waals surface area contributed by atoms with Crippen LogP contribution in [0.4, 0.5) is 0 Å². The minimum absolute atomic E-state index is 0.229. The topological polar surface area (TPSA) is 46.5 Å². The molecule has 1 atom stereocenters. The Bertz CT molecular complexity index is 370. The van der Waals surface area contributed by atoms with Crippen LogP contribution in [0.1, 0.15) is 45.1 Å². The summed E-state index contributed by atoms with van der Waals surface area (Å²) in [5.74, 6) is 0.745. The van der Waals surface area contributed by atoms with E-state index in [0.29, 0.717) is 12.3 Å². The van der Waals surface area contributed by atoms with E-state index >= 15 is 0 Å². The second-order valence-electron chi connectivity index (χ2n) is 5.10. The Morgan fingerprint density at radius 2 is 2.00 bits per heavy atom. The van der Waals surface area contributed by atoms with Gasteiger partial charge in [0.15, 0.2) is 0 Å². The van der Waals surface area contributed by atoms with Gasteiger partial charge < -0.3 is 9.84 Å². The maximum absolute atomic E-state index is 10.4. The van der Waals surface area contributed by atoms with Crippen molar-refractivity contribution in [3.8, 4) is 5.75 Å². The van der Waals surface area contributed by atoms with Crippen LogP contribution in [0.2, 0.25) is 0 Å². The minimum atomic E-state index is -0.732. The van der Waals surface area contributed by atoms with Gasteiger partial charge in [-0.3, -0.25) is 4.79 Å². The fourth-order valence-electron chi connectivity index (χ4n) is 2.01. The van der Waals surface area contributed by atoms with E-state index < -0.39 is 5.97 Å². The van der Waals surface area contributed by atoms with Crippen LogP contribution in [0.15, 0.2) is 24.3 Å². The molecule has 0 aliphatic rings. The molecule has 0 bridgehead atoms. The van der Waals surface area contributed by atoms with E-state index in [1.54, 1.807) is 0 Å². The Balaban J connectivity index is 2.32. The molecule has 0 aliphatic heterocycles. The predicted molar refractivity (Wildman–Crippen MR) is 76.6 cm³/mol. The molecule has 106 valence electrons. The van der Waals surface area contributed by atoms with Crippen LogP contribution in [0.5, 0.6) is 5.75 Å². The second kappa shape index (κ2) is 8.57. The molecular weight excluding hydrogens is 240 g/mol. The van der Waals surface area contributed by atoms with E-state index in [2.05, 4.69) is 13.8 Å². The molecule has 0 saturated carbocycles. The molecule has 19 heavy (non-hydrogen) atoms. The molecular formula is C16H24O3. The Hall–Kier alpha value is -1.51. The number of carboxylic acids is 1. The highest BCUT2D eigenvalue weighted by Crippen LogP contribution is 2.16. The average Bonchev–Trinajstić information content (AvgIpc) is 2.38. The lowest BCUT2D eigenvalue weighted by atomic mass is 10.1. The van der Waals surface area contributed by atoms with Crippen LogP contribution in [0.3, 0.4) is 0 Å². The van der Waals surface area contributed by atoms with Gasteiger partial charge in [0.1, 0.15) is 5.75 Å². The lowest BCUT2D eigenvalue weighted by Crippen LogP contribution is -2.08. The van der Waals surface area contributed by atoms with Crippen LogP contribution < -0.4 is 4.74 Å². The number of hydrogen-bond donors (Lipinski definition) is 1. The first-order valence-electron chi connectivity index (χ1n) is 7.05. The van der Waals surface area contributed by atoms with Crippen molar-refractivity contribution in [1.82, 2.24) is 0 Å². The van der Waals surface area contributed by atoms with E-state index in [-0.39, 0.29) is 6.42 Å². The van der Waals surface area contributed by atoms with Crippen molar-refractivity contribution >= 4 is 5.97 Å². The maximum atomic E-state index is 10.4. The van der Waals surface area contributed by atoms with Crippen molar-refractivity contribution in [3.63, 3.8) is 0 Å². The molecule has 3 nitrogen and oxygen atoms in total. The molecule has 3 heteroatoms. The van der Waals surface area contributed by atoms with E-state index in [1.807, 2.05) is 24.3 Å². The highest BCUT2D eigenvalue weighted by Gasteiger charge is 2.03. The predicted octanol–water partition coefficient (Wildman–Crippen LogP) is 3.91. The summed E-state index contributed by atoms with van der Waals surface area (Å²) >= 11 is 0. The summed E-state index contributed by atoms with van der Waals surface area (Å²) in [5.41, 5.74) is 1.16. The van der Waals surface area contributed by atoms with Gasteiger partial charge in [-0.15, -0.1) is 0 Å². The van der Waals surface area contributed by atoms with E-state index in [1.165, 1.54) is 12.8 Å². The summed E-state index contributed by atoms with van der Waals surface area (Å²) in [4.78, 5) is 10.4. The quantitative estimate of drug-likeness (QED) is 0.735. The van der Waals surface area contributed by atoms with Crippen LogP contribution >= 0.6 is 0 Å². The molecule has 0 saturated heterocycles. The number of benzene rings is 1. The Morgan fingerprint density at radius 1 is 1.32 bits per heavy atom. The van der Waals surface area contributed by atoms with Gasteiger partial charge in [0, 0.05) is 6.42 Å². The first kappa shape index (κ1) is 15.5. The zero-order valence-corrected chi connectivity index (χ0v) is 11.9. The smallest absolute Gasteiger partial charge is 0.303 e. The van der Waals surface area contributed by atoms with Gasteiger partial charge in [-0.1, -0.05) is 32.4 Å². The van der Waals surface area contributed by atoms with E-state index in [9.17, 15) is 4.79 Å². The molecule has 1 rings (SSSR count). The van der Waals surface area contributed by atoms with Crippen LogP contribution in [0.25, 0.3) is 0 Å². The van der Waals surface area contributed by atoms with Crippen molar-refractivity contribution in [2.45, 2.75) is 46.0 Å². The highest BCUT2D eigenvalue weighted by molar-refractivity contribution is 5.66. The van der Waals surface area contributed by atoms with Gasteiger partial charge in [0.05, 0.1) is 6.61 Å². The summed E-state index contributed by atoms with van der Waals surface area (Å²) in [7, 11) is 0. The average molecular weight is 264 g/mol. The monoisotopic (exact) mass is 264 g/mol. The summed E-state index contributed by atoms with van der Waals surface area (Å²) in [6.07, 6.45) is 4.09. The molecule has 0 aromatic heterocycles. The van der Waals surface area contributed by atoms with Crippen LogP contribution in [-0.2, 0) is 11.2 Å². The van der Waals surface area contributed by atoms with Crippen molar-refractivity contribution < 1.29 is 14.6 Å². The van der Waals surface area contributed by atoms with Gasteiger partial charge in [-0.2, -0.15) is 0 Å². The molecule has 0 spiro atoms. The van der Waals surface area contributed by atoms with Gasteiger partial charge in [-0.05, 0) is 42.9 Å². The number of carboxylic acid groups (broad SMARTS) is 1. The number of rotatable bonds is 9. The van der Waals surface area contributed by atoms with Crippen molar-refractivity contribution in [2.24, 2.45) is 5.92 Å². The fourth-order valence-corrected chi connectivity index (χ4v) is 2.01. The summed E-state index contributed by atoms with van der Waals surface area (Å²) in [6.45, 7) is 5.14. The van der Waals surface area contributed by atoms with Crippen LogP contribution in [-0.4, -0.2) is 17.7 Å². The van der Waals surface area contributed by atoms with Crippen molar-refractivity contribution in [2.75, 3.05) is 6.61 Å². The highest BCUT2D eigenvalue weighted by atomic mass is 16.5. The molecule has 1 aromatic rings. The zero-order valence-electron chi connectivity index (χ0n) is 11.9. The number of carbonyl (C=O) groups is 1. The van der Waals surface area contributed by atoms with Crippen molar-refractivity contribution in [1.29, 1.82) is 0 Å². The summed E-state index contributed by atoms with van der Waals surface area (Å²) in [5, 5.41) is 8.58. The maximum Gasteiger partial charge on any atom is 0.303 e. The first-order valence-corrected chi connectivity index (χ1v) is 7.05. The number of aryl methyl sites for hydroxylation is 1. The van der Waals surface area contributed by atoms with Gasteiger partial charge >= 0.3 is 5.97 Å². The minimum Gasteiger partial charge on any atom is -0.493 e. The third kappa shape index (κ3) is 6.85. The lowest BCUT2D eigenvalue weighted by Gasteiger charge is -2.12. The molecule has 1 N–H and O–H groups in total. The third-order valence-electron chi connectivity index (χ3n) is 3.10.